The van der Waals surface area contributed by atoms with E-state index in [4.69, 9.17) is 14.6 Å². The molecule has 3 aromatic carbocycles. The second-order valence-electron chi connectivity index (χ2n) is 8.23. The van der Waals surface area contributed by atoms with Crippen molar-refractivity contribution < 1.29 is 29.0 Å². The second-order valence-corrected chi connectivity index (χ2v) is 8.23. The number of methoxy groups -OCH3 is 1. The maximum Gasteiger partial charge on any atom is 0.407 e. The maximum absolute atomic E-state index is 12.7. The average Bonchev–Trinajstić information content (AvgIpc) is 3.17. The Balaban J connectivity index is 1.37. The summed E-state index contributed by atoms with van der Waals surface area (Å²) < 4.78 is 10.6. The summed E-state index contributed by atoms with van der Waals surface area (Å²) in [5, 5.41) is 14.1. The molecule has 180 valence electrons. The summed E-state index contributed by atoms with van der Waals surface area (Å²) in [6, 6.07) is 21.5. The van der Waals surface area contributed by atoms with Crippen LogP contribution in [0.1, 0.15) is 22.6 Å². The van der Waals surface area contributed by atoms with Crippen LogP contribution in [0, 0.1) is 0 Å². The number of rotatable bonds is 9. The first-order valence-corrected chi connectivity index (χ1v) is 11.2. The molecule has 4 rings (SSSR count). The van der Waals surface area contributed by atoms with E-state index in [1.54, 1.807) is 24.3 Å². The minimum Gasteiger partial charge on any atom is -0.481 e. The molecule has 2 amide bonds. The Hall–Kier alpha value is -4.17. The fourth-order valence-electron chi connectivity index (χ4n) is 4.24. The molecule has 3 N–H and O–H groups in total. The Morgan fingerprint density at radius 3 is 2.09 bits per heavy atom. The maximum atomic E-state index is 12.7. The summed E-state index contributed by atoms with van der Waals surface area (Å²) >= 11 is 0. The third kappa shape index (κ3) is 5.67. The minimum absolute atomic E-state index is 0.0485. The lowest BCUT2D eigenvalue weighted by atomic mass is 9.98. The molecular weight excluding hydrogens is 448 g/mol. The van der Waals surface area contributed by atoms with Gasteiger partial charge in [-0.25, -0.2) is 4.79 Å². The van der Waals surface area contributed by atoms with E-state index in [1.165, 1.54) is 7.11 Å². The number of hydrogen-bond acceptors (Lipinski definition) is 5. The average molecular weight is 475 g/mol. The summed E-state index contributed by atoms with van der Waals surface area (Å²) in [6.07, 6.45) is -0.829. The van der Waals surface area contributed by atoms with Gasteiger partial charge in [0.2, 0.25) is 5.91 Å². The number of benzene rings is 3. The topological polar surface area (TPSA) is 114 Å². The van der Waals surface area contributed by atoms with Crippen LogP contribution in [0.15, 0.2) is 72.8 Å². The highest BCUT2D eigenvalue weighted by Crippen LogP contribution is 2.44. The number of hydrogen-bond donors (Lipinski definition) is 3. The van der Waals surface area contributed by atoms with Crippen molar-refractivity contribution in [3.8, 4) is 11.1 Å². The highest BCUT2D eigenvalue weighted by Gasteiger charge is 2.29. The van der Waals surface area contributed by atoms with Gasteiger partial charge in [0.25, 0.3) is 0 Å². The van der Waals surface area contributed by atoms with Crippen LogP contribution in [-0.2, 0) is 25.5 Å². The molecule has 0 bridgehead atoms. The van der Waals surface area contributed by atoms with Crippen molar-refractivity contribution in [3.63, 3.8) is 0 Å². The number of fused-ring (bicyclic) bond motifs is 3. The summed E-state index contributed by atoms with van der Waals surface area (Å²) in [6.45, 7) is 0.0827. The van der Waals surface area contributed by atoms with Gasteiger partial charge in [-0.15, -0.1) is 0 Å². The van der Waals surface area contributed by atoms with Crippen LogP contribution in [0.5, 0.6) is 0 Å². The van der Waals surface area contributed by atoms with Gasteiger partial charge in [-0.2, -0.15) is 0 Å². The predicted octanol–water partition coefficient (Wildman–Crippen LogP) is 3.81. The first-order chi connectivity index (χ1) is 17.0. The number of alkyl carbamates (subject to hydrolysis) is 1. The van der Waals surface area contributed by atoms with Crippen molar-refractivity contribution >= 4 is 23.7 Å². The van der Waals surface area contributed by atoms with Crippen LogP contribution in [0.2, 0.25) is 0 Å². The number of carboxylic acid groups (broad SMARTS) is 1. The van der Waals surface area contributed by atoms with Gasteiger partial charge >= 0.3 is 12.1 Å². The van der Waals surface area contributed by atoms with Crippen molar-refractivity contribution in [1.29, 1.82) is 0 Å². The Morgan fingerprint density at radius 1 is 0.914 bits per heavy atom. The lowest BCUT2D eigenvalue weighted by molar-refractivity contribution is -0.136. The monoisotopic (exact) mass is 474 g/mol. The van der Waals surface area contributed by atoms with E-state index < -0.39 is 24.0 Å². The highest BCUT2D eigenvalue weighted by atomic mass is 16.5. The number of carbonyl (C=O) groups excluding carboxylic acids is 2. The predicted molar refractivity (Wildman–Crippen MR) is 130 cm³/mol. The zero-order valence-electron chi connectivity index (χ0n) is 19.2. The fourth-order valence-corrected chi connectivity index (χ4v) is 4.24. The zero-order valence-corrected chi connectivity index (χ0v) is 19.2. The van der Waals surface area contributed by atoms with E-state index in [2.05, 4.69) is 22.8 Å². The molecule has 0 saturated heterocycles. The Morgan fingerprint density at radius 2 is 1.51 bits per heavy atom. The molecule has 0 fully saturated rings. The van der Waals surface area contributed by atoms with Gasteiger partial charge < -0.3 is 25.2 Å². The number of aliphatic carboxylic acids is 1. The summed E-state index contributed by atoms with van der Waals surface area (Å²) in [4.78, 5) is 36.1. The van der Waals surface area contributed by atoms with Crippen LogP contribution in [0.3, 0.4) is 0 Å². The largest absolute Gasteiger partial charge is 0.481 e. The first-order valence-electron chi connectivity index (χ1n) is 11.2. The van der Waals surface area contributed by atoms with E-state index in [9.17, 15) is 14.4 Å². The number of ether oxygens (including phenoxy) is 2. The smallest absolute Gasteiger partial charge is 0.407 e. The molecule has 8 nitrogen and oxygen atoms in total. The highest BCUT2D eigenvalue weighted by molar-refractivity contribution is 5.96. The number of carbonyl (C=O) groups is 3. The second kappa shape index (κ2) is 10.8. The lowest BCUT2D eigenvalue weighted by Crippen LogP contribution is -2.47. The van der Waals surface area contributed by atoms with E-state index >= 15 is 0 Å². The first kappa shape index (κ1) is 24.0. The molecule has 0 radical (unpaired) electrons. The molecule has 1 aliphatic rings. The molecule has 0 unspecified atom stereocenters. The Kier molecular flexibility index (Phi) is 7.42. The van der Waals surface area contributed by atoms with Gasteiger partial charge in [0, 0.05) is 18.7 Å². The summed E-state index contributed by atoms with van der Waals surface area (Å²) in [5.74, 6) is -1.51. The molecule has 1 atom stereocenters. The van der Waals surface area contributed by atoms with E-state index in [0.29, 0.717) is 11.3 Å². The molecule has 35 heavy (non-hydrogen) atoms. The van der Waals surface area contributed by atoms with Gasteiger partial charge in [-0.1, -0.05) is 60.7 Å². The molecule has 8 heteroatoms. The van der Waals surface area contributed by atoms with Crippen LogP contribution < -0.4 is 10.6 Å². The van der Waals surface area contributed by atoms with Gasteiger partial charge in [0.1, 0.15) is 12.6 Å². The standard InChI is InChI=1S/C27H26N2O6/c1-34-16-24(26(32)28-18-12-10-17(11-13-18)14-25(30)31)29-27(33)35-15-23-21-8-4-2-6-19(21)20-7-3-5-9-22(20)23/h2-13,23-24H,14-16H2,1H3,(H,28,32)(H,29,33)(H,30,31)/t24-/m0/s1. The van der Waals surface area contributed by atoms with Crippen molar-refractivity contribution in [1.82, 2.24) is 5.32 Å². The normalized spacial score (nSPS) is 12.8. The van der Waals surface area contributed by atoms with Crippen LogP contribution >= 0.6 is 0 Å². The SMILES string of the molecule is COC[C@H](NC(=O)OCC1c2ccccc2-c2ccccc21)C(=O)Nc1ccc(CC(=O)O)cc1. The summed E-state index contributed by atoms with van der Waals surface area (Å²) in [7, 11) is 1.43. The number of amides is 2. The van der Waals surface area contributed by atoms with Crippen molar-refractivity contribution in [3.05, 3.63) is 89.5 Å². The Labute approximate surface area is 202 Å². The van der Waals surface area contributed by atoms with Crippen LogP contribution in [0.4, 0.5) is 10.5 Å². The molecule has 3 aromatic rings. The third-order valence-electron chi connectivity index (χ3n) is 5.86. The van der Waals surface area contributed by atoms with Crippen LogP contribution in [0.25, 0.3) is 11.1 Å². The van der Waals surface area contributed by atoms with Crippen molar-refractivity contribution in [2.75, 3.05) is 25.6 Å². The fraction of sp³-hybridized carbons (Fsp3) is 0.222. The van der Waals surface area contributed by atoms with E-state index in [1.807, 2.05) is 36.4 Å². The quantitative estimate of drug-likeness (QED) is 0.435. The van der Waals surface area contributed by atoms with Crippen molar-refractivity contribution in [2.45, 2.75) is 18.4 Å². The van der Waals surface area contributed by atoms with Gasteiger partial charge in [0.15, 0.2) is 0 Å². The molecule has 0 spiro atoms. The Bertz CT molecular complexity index is 1180. The van der Waals surface area contributed by atoms with Gasteiger partial charge in [-0.3, -0.25) is 9.59 Å². The van der Waals surface area contributed by atoms with Gasteiger partial charge in [-0.05, 0) is 39.9 Å². The number of nitrogens with one attached hydrogen (secondary N) is 2. The molecule has 0 aromatic heterocycles. The summed E-state index contributed by atoms with van der Waals surface area (Å²) in [5.41, 5.74) is 5.53. The molecule has 0 saturated carbocycles. The lowest BCUT2D eigenvalue weighted by Gasteiger charge is -2.19. The molecular formula is C27H26N2O6. The van der Waals surface area contributed by atoms with Crippen molar-refractivity contribution in [2.24, 2.45) is 0 Å². The number of anilines is 1. The van der Waals surface area contributed by atoms with Gasteiger partial charge in [0.05, 0.1) is 13.0 Å². The third-order valence-corrected chi connectivity index (χ3v) is 5.86. The number of carboxylic acids is 1. The van der Waals surface area contributed by atoms with Crippen LogP contribution in [-0.4, -0.2) is 49.4 Å². The molecule has 0 heterocycles. The van der Waals surface area contributed by atoms with E-state index in [-0.39, 0.29) is 25.6 Å². The minimum atomic E-state index is -0.977. The van der Waals surface area contributed by atoms with E-state index in [0.717, 1.165) is 22.3 Å². The molecule has 1 aliphatic carbocycles. The molecule has 0 aliphatic heterocycles. The zero-order chi connectivity index (χ0) is 24.8.